The van der Waals surface area contributed by atoms with Crippen LogP contribution in [0.1, 0.15) is 12.5 Å². The third kappa shape index (κ3) is 1.98. The number of hydrogen-bond donors (Lipinski definition) is 1. The summed E-state index contributed by atoms with van der Waals surface area (Å²) in [4.78, 5) is 10.5. The average molecular weight is 203 g/mol. The molecule has 4 heteroatoms. The number of halogens is 2. The summed E-state index contributed by atoms with van der Waals surface area (Å²) in [6.07, 6.45) is 0. The maximum Gasteiger partial charge on any atom is 0.345 e. The minimum Gasteiger partial charge on any atom is -0.479 e. The molecule has 1 rings (SSSR count). The van der Waals surface area contributed by atoms with Crippen molar-refractivity contribution in [3.63, 3.8) is 0 Å². The second-order valence-electron chi connectivity index (χ2n) is 2.82. The first-order valence-corrected chi connectivity index (χ1v) is 4.01. The molecule has 0 fully saturated rings. The van der Waals surface area contributed by atoms with Crippen LogP contribution in [0.4, 0.5) is 4.39 Å². The van der Waals surface area contributed by atoms with Gasteiger partial charge < -0.3 is 5.11 Å². The predicted molar refractivity (Wildman–Crippen MR) is 47.5 cm³/mol. The molecule has 0 bridgehead atoms. The Labute approximate surface area is 80.0 Å². The van der Waals surface area contributed by atoms with Crippen molar-refractivity contribution in [3.8, 4) is 0 Å². The summed E-state index contributed by atoms with van der Waals surface area (Å²) in [5, 5.41) is 9.01. The van der Waals surface area contributed by atoms with E-state index in [-0.39, 0.29) is 5.56 Å². The summed E-state index contributed by atoms with van der Waals surface area (Å²) in [6, 6.07) is 5.63. The third-order valence-corrected chi connectivity index (χ3v) is 2.04. The van der Waals surface area contributed by atoms with Gasteiger partial charge in [-0.2, -0.15) is 0 Å². The Morgan fingerprint density at radius 2 is 1.92 bits per heavy atom. The molecule has 2 nitrogen and oxygen atoms in total. The Balaban J connectivity index is 3.08. The first kappa shape index (κ1) is 9.99. The Morgan fingerprint density at radius 3 is 2.31 bits per heavy atom. The van der Waals surface area contributed by atoms with Crippen molar-refractivity contribution in [2.24, 2.45) is 0 Å². The number of aliphatic carboxylic acids is 1. The lowest BCUT2D eigenvalue weighted by Crippen LogP contribution is -2.26. The number of rotatable bonds is 2. The second kappa shape index (κ2) is 3.34. The molecule has 0 saturated heterocycles. The van der Waals surface area contributed by atoms with Gasteiger partial charge in [-0.25, -0.2) is 9.18 Å². The van der Waals surface area contributed by atoms with Crippen LogP contribution in [0.3, 0.4) is 0 Å². The molecule has 1 N–H and O–H groups in total. The highest BCUT2D eigenvalue weighted by molar-refractivity contribution is 6.30. The highest BCUT2D eigenvalue weighted by Gasteiger charge is 2.34. The molecule has 0 heterocycles. The number of hydrogen-bond acceptors (Lipinski definition) is 1. The largest absolute Gasteiger partial charge is 0.479 e. The van der Waals surface area contributed by atoms with Gasteiger partial charge >= 0.3 is 5.97 Å². The van der Waals surface area contributed by atoms with Gasteiger partial charge in [0.15, 0.2) is 0 Å². The highest BCUT2D eigenvalue weighted by atomic mass is 35.5. The van der Waals surface area contributed by atoms with Crippen LogP contribution in [-0.2, 0) is 10.5 Å². The van der Waals surface area contributed by atoms with Crippen LogP contribution in [0, 0.1) is 0 Å². The summed E-state index contributed by atoms with van der Waals surface area (Å²) < 4.78 is 13.4. The maximum atomic E-state index is 13.4. The summed E-state index contributed by atoms with van der Waals surface area (Å²) in [5.74, 6) is -1.50. The van der Waals surface area contributed by atoms with Crippen molar-refractivity contribution in [2.75, 3.05) is 0 Å². The molecule has 0 saturated carbocycles. The van der Waals surface area contributed by atoms with Gasteiger partial charge in [-0.1, -0.05) is 23.7 Å². The summed E-state index contributed by atoms with van der Waals surface area (Å²) in [7, 11) is 0. The van der Waals surface area contributed by atoms with Gasteiger partial charge in [-0.3, -0.25) is 0 Å². The minimum atomic E-state index is -2.36. The average Bonchev–Trinajstić information content (AvgIpc) is 2.04. The Morgan fingerprint density at radius 1 is 1.46 bits per heavy atom. The van der Waals surface area contributed by atoms with Crippen LogP contribution in [0.2, 0.25) is 5.02 Å². The van der Waals surface area contributed by atoms with Gasteiger partial charge in [0, 0.05) is 10.6 Å². The molecule has 0 aliphatic heterocycles. The van der Waals surface area contributed by atoms with Crippen molar-refractivity contribution in [1.29, 1.82) is 0 Å². The molecule has 13 heavy (non-hydrogen) atoms. The zero-order chi connectivity index (χ0) is 10.1. The predicted octanol–water partition coefficient (Wildman–Crippen LogP) is 2.61. The summed E-state index contributed by atoms with van der Waals surface area (Å²) in [5.41, 5.74) is -2.27. The Kier molecular flexibility index (Phi) is 2.57. The van der Waals surface area contributed by atoms with E-state index in [9.17, 15) is 9.18 Å². The zero-order valence-corrected chi connectivity index (χ0v) is 7.68. The molecule has 0 spiro atoms. The van der Waals surface area contributed by atoms with E-state index >= 15 is 0 Å². The molecule has 0 aromatic heterocycles. The van der Waals surface area contributed by atoms with Crippen LogP contribution < -0.4 is 0 Å². The van der Waals surface area contributed by atoms with Gasteiger partial charge in [0.25, 0.3) is 0 Å². The SMILES string of the molecule is C[C@](F)(C(=O)O)c1ccc(Cl)cc1. The molecule has 1 aromatic rings. The molecule has 0 amide bonds. The highest BCUT2D eigenvalue weighted by Crippen LogP contribution is 2.26. The Bertz CT molecular complexity index is 319. The first-order valence-electron chi connectivity index (χ1n) is 3.63. The monoisotopic (exact) mass is 202 g/mol. The van der Waals surface area contributed by atoms with Gasteiger partial charge in [0.1, 0.15) is 0 Å². The van der Waals surface area contributed by atoms with E-state index in [1.165, 1.54) is 24.3 Å². The molecular formula is C9H8ClFO2. The smallest absolute Gasteiger partial charge is 0.345 e. The van der Waals surface area contributed by atoms with Crippen LogP contribution in [0.25, 0.3) is 0 Å². The molecule has 1 atom stereocenters. The van der Waals surface area contributed by atoms with Gasteiger partial charge in [-0.05, 0) is 19.1 Å². The fourth-order valence-electron chi connectivity index (χ4n) is 0.886. The standard InChI is InChI=1S/C9H8ClFO2/c1-9(11,8(12)13)6-2-4-7(10)5-3-6/h2-5H,1H3,(H,12,13)/t9-/m1/s1. The number of carboxylic acids is 1. The molecule has 70 valence electrons. The van der Waals surface area contributed by atoms with Crippen LogP contribution >= 0.6 is 11.6 Å². The van der Waals surface area contributed by atoms with Crippen molar-refractivity contribution < 1.29 is 14.3 Å². The van der Waals surface area contributed by atoms with E-state index in [2.05, 4.69) is 0 Å². The first-order chi connectivity index (χ1) is 5.94. The fourth-order valence-corrected chi connectivity index (χ4v) is 1.01. The van der Waals surface area contributed by atoms with Crippen LogP contribution in [-0.4, -0.2) is 11.1 Å². The number of carbonyl (C=O) groups is 1. The summed E-state index contributed by atoms with van der Waals surface area (Å²) >= 11 is 5.57. The molecule has 0 radical (unpaired) electrons. The molecule has 0 aliphatic rings. The lowest BCUT2D eigenvalue weighted by atomic mass is 9.98. The maximum absolute atomic E-state index is 13.4. The van der Waals surface area contributed by atoms with E-state index in [1.54, 1.807) is 0 Å². The van der Waals surface area contributed by atoms with E-state index in [1.807, 2.05) is 0 Å². The van der Waals surface area contributed by atoms with Crippen molar-refractivity contribution in [3.05, 3.63) is 34.9 Å². The van der Waals surface area contributed by atoms with Crippen LogP contribution in [0.5, 0.6) is 0 Å². The molecular weight excluding hydrogens is 195 g/mol. The van der Waals surface area contributed by atoms with Crippen molar-refractivity contribution in [1.82, 2.24) is 0 Å². The van der Waals surface area contributed by atoms with E-state index in [0.717, 1.165) is 6.92 Å². The second-order valence-corrected chi connectivity index (χ2v) is 3.25. The zero-order valence-electron chi connectivity index (χ0n) is 6.92. The summed E-state index contributed by atoms with van der Waals surface area (Å²) in [6.45, 7) is 0.999. The molecule has 0 unspecified atom stereocenters. The lowest BCUT2D eigenvalue weighted by Gasteiger charge is -2.14. The van der Waals surface area contributed by atoms with Gasteiger partial charge in [-0.15, -0.1) is 0 Å². The number of benzene rings is 1. The van der Waals surface area contributed by atoms with Crippen molar-refractivity contribution >= 4 is 17.6 Å². The Hall–Kier alpha value is -1.09. The van der Waals surface area contributed by atoms with Gasteiger partial charge in [0.05, 0.1) is 0 Å². The minimum absolute atomic E-state index is 0.0874. The normalized spacial score (nSPS) is 15.0. The lowest BCUT2D eigenvalue weighted by molar-refractivity contribution is -0.150. The van der Waals surface area contributed by atoms with E-state index in [4.69, 9.17) is 16.7 Å². The van der Waals surface area contributed by atoms with Gasteiger partial charge in [0.2, 0.25) is 5.67 Å². The third-order valence-electron chi connectivity index (χ3n) is 1.79. The van der Waals surface area contributed by atoms with E-state index in [0.29, 0.717) is 5.02 Å². The topological polar surface area (TPSA) is 37.3 Å². The quantitative estimate of drug-likeness (QED) is 0.801. The number of alkyl halides is 1. The molecule has 1 aromatic carbocycles. The van der Waals surface area contributed by atoms with E-state index < -0.39 is 11.6 Å². The molecule has 0 aliphatic carbocycles. The number of carboxylic acid groups (broad SMARTS) is 1. The fraction of sp³-hybridized carbons (Fsp3) is 0.222. The van der Waals surface area contributed by atoms with Crippen molar-refractivity contribution in [2.45, 2.75) is 12.6 Å². The van der Waals surface area contributed by atoms with Crippen LogP contribution in [0.15, 0.2) is 24.3 Å².